The Bertz CT molecular complexity index is 854. The third-order valence-electron chi connectivity index (χ3n) is 5.56. The number of carbonyl (C=O) groups excluding carboxylic acids is 2. The predicted molar refractivity (Wildman–Crippen MR) is 115 cm³/mol. The van der Waals surface area contributed by atoms with Crippen molar-refractivity contribution in [3.63, 3.8) is 0 Å². The van der Waals surface area contributed by atoms with Crippen molar-refractivity contribution in [1.82, 2.24) is 0 Å². The van der Waals surface area contributed by atoms with Crippen LogP contribution in [0.4, 0.5) is 0 Å². The van der Waals surface area contributed by atoms with E-state index >= 15 is 0 Å². The lowest BCUT2D eigenvalue weighted by molar-refractivity contribution is -0.147. The maximum Gasteiger partial charge on any atom is 0.315 e. The van der Waals surface area contributed by atoms with Crippen LogP contribution in [0.3, 0.4) is 0 Å². The Labute approximate surface area is 177 Å². The number of hydrogen-bond acceptors (Lipinski definition) is 6. The number of aliphatic imine (C=N–C) groups is 1. The Hall–Kier alpha value is -1.92. The zero-order chi connectivity index (χ0) is 21.2. The summed E-state index contributed by atoms with van der Waals surface area (Å²) in [6.07, 6.45) is 3.22. The Morgan fingerprint density at radius 2 is 1.90 bits per heavy atom. The summed E-state index contributed by atoms with van der Waals surface area (Å²) in [6.45, 7) is 6.56. The zero-order valence-corrected chi connectivity index (χ0v) is 18.6. The van der Waals surface area contributed by atoms with E-state index in [-0.39, 0.29) is 29.7 Å². The number of Topliss-reactive ketones (excluding diaryl/α,β-unsaturated/α-hetero) is 1. The Kier molecular flexibility index (Phi) is 6.64. The van der Waals surface area contributed by atoms with Gasteiger partial charge in [-0.2, -0.15) is 0 Å². The molecule has 0 saturated carbocycles. The maximum absolute atomic E-state index is 13.2. The van der Waals surface area contributed by atoms with Gasteiger partial charge < -0.3 is 9.47 Å². The largest absolute Gasteiger partial charge is 0.463 e. The summed E-state index contributed by atoms with van der Waals surface area (Å²) in [5.41, 5.74) is 3.03. The normalized spacial score (nSPS) is 23.5. The van der Waals surface area contributed by atoms with Crippen LogP contribution in [0.1, 0.15) is 45.1 Å². The van der Waals surface area contributed by atoms with Gasteiger partial charge in [0, 0.05) is 41.3 Å². The summed E-state index contributed by atoms with van der Waals surface area (Å²) >= 11 is 1.66. The number of nitrogens with zero attached hydrogens (tertiary/aromatic N) is 1. The molecule has 2 aliphatic rings. The molecular weight excluding hydrogens is 386 g/mol. The fraction of sp³-hybridized carbons (Fsp3) is 0.522. The van der Waals surface area contributed by atoms with Crippen molar-refractivity contribution < 1.29 is 19.1 Å². The molecule has 5 nitrogen and oxygen atoms in total. The number of ketones is 1. The minimum atomic E-state index is -0.601. The summed E-state index contributed by atoms with van der Waals surface area (Å²) in [5, 5.41) is 0. The highest BCUT2D eigenvalue weighted by Crippen LogP contribution is 2.48. The van der Waals surface area contributed by atoms with E-state index in [2.05, 4.69) is 13.8 Å². The molecule has 0 spiro atoms. The van der Waals surface area contributed by atoms with Gasteiger partial charge in [-0.1, -0.05) is 26.0 Å². The number of carbonyl (C=O) groups is 2. The Morgan fingerprint density at radius 1 is 1.21 bits per heavy atom. The van der Waals surface area contributed by atoms with E-state index in [0.29, 0.717) is 24.3 Å². The summed E-state index contributed by atoms with van der Waals surface area (Å²) in [7, 11) is 1.57. The van der Waals surface area contributed by atoms with Gasteiger partial charge in [-0.15, -0.1) is 11.8 Å². The molecule has 6 heteroatoms. The average molecular weight is 416 g/mol. The molecular formula is C23H29NO4S. The lowest BCUT2D eigenvalue weighted by atomic mass is 9.67. The number of esters is 1. The summed E-state index contributed by atoms with van der Waals surface area (Å²) < 4.78 is 10.5. The van der Waals surface area contributed by atoms with Crippen molar-refractivity contribution in [1.29, 1.82) is 0 Å². The van der Waals surface area contributed by atoms with Gasteiger partial charge in [0.05, 0.1) is 6.61 Å². The van der Waals surface area contributed by atoms with Crippen molar-refractivity contribution in [2.24, 2.45) is 16.3 Å². The molecule has 1 aliphatic carbocycles. The van der Waals surface area contributed by atoms with E-state index in [9.17, 15) is 9.59 Å². The van der Waals surface area contributed by atoms with Crippen molar-refractivity contribution >= 4 is 29.2 Å². The SMILES string of the molecule is COCCOC(=O)C1C(C)=NC2=C(C(=O)CC(C)(C)C2)[C@@H]1c1ccc(SC)cc1. The standard InChI is InChI=1S/C23H29NO4S/c1-14-19(22(26)28-11-10-27-4)20(15-6-8-16(29-5)9-7-15)21-17(24-14)12-23(2,3)13-18(21)25/h6-9,19-20H,10-13H2,1-5H3/t19?,20-/m1/s1. The van der Waals surface area contributed by atoms with Gasteiger partial charge in [0.25, 0.3) is 0 Å². The van der Waals surface area contributed by atoms with Crippen molar-refractivity contribution in [3.8, 4) is 0 Å². The molecule has 3 rings (SSSR count). The summed E-state index contributed by atoms with van der Waals surface area (Å²) in [4.78, 5) is 32.1. The van der Waals surface area contributed by atoms with Gasteiger partial charge in [0.1, 0.15) is 12.5 Å². The molecule has 0 saturated heterocycles. The van der Waals surface area contributed by atoms with Crippen LogP contribution in [0.25, 0.3) is 0 Å². The number of benzene rings is 1. The zero-order valence-electron chi connectivity index (χ0n) is 17.8. The summed E-state index contributed by atoms with van der Waals surface area (Å²) in [5.74, 6) is -1.24. The molecule has 0 amide bonds. The molecule has 2 atom stereocenters. The second-order valence-electron chi connectivity index (χ2n) is 8.44. The van der Waals surface area contributed by atoms with Crippen LogP contribution in [-0.2, 0) is 19.1 Å². The molecule has 0 radical (unpaired) electrons. The van der Waals surface area contributed by atoms with Gasteiger partial charge in [0.15, 0.2) is 5.78 Å². The third kappa shape index (κ3) is 4.64. The number of rotatable bonds is 6. The molecule has 1 unspecified atom stereocenters. The lowest BCUT2D eigenvalue weighted by Crippen LogP contribution is -2.39. The van der Waals surface area contributed by atoms with Crippen molar-refractivity contribution in [3.05, 3.63) is 41.1 Å². The maximum atomic E-state index is 13.2. The quantitative estimate of drug-likeness (QED) is 0.391. The number of hydrogen-bond donors (Lipinski definition) is 0. The number of methoxy groups -OCH3 is 1. The van der Waals surface area contributed by atoms with Crippen molar-refractivity contribution in [2.75, 3.05) is 26.6 Å². The molecule has 1 heterocycles. The van der Waals surface area contributed by atoms with Crippen LogP contribution >= 0.6 is 11.8 Å². The first-order chi connectivity index (χ1) is 13.8. The van der Waals surface area contributed by atoms with Gasteiger partial charge in [-0.05, 0) is 42.7 Å². The Morgan fingerprint density at radius 3 is 2.52 bits per heavy atom. The number of allylic oxidation sites excluding steroid dienone is 2. The fourth-order valence-corrected chi connectivity index (χ4v) is 4.65. The second kappa shape index (κ2) is 8.84. The molecule has 0 N–H and O–H groups in total. The van der Waals surface area contributed by atoms with Crippen LogP contribution < -0.4 is 0 Å². The number of ether oxygens (including phenoxy) is 2. The second-order valence-corrected chi connectivity index (χ2v) is 9.32. The highest BCUT2D eigenvalue weighted by Gasteiger charge is 2.45. The smallest absolute Gasteiger partial charge is 0.315 e. The van der Waals surface area contributed by atoms with Crippen LogP contribution in [0.15, 0.2) is 45.4 Å². The van der Waals surface area contributed by atoms with Gasteiger partial charge in [-0.25, -0.2) is 0 Å². The van der Waals surface area contributed by atoms with E-state index in [1.54, 1.807) is 18.9 Å². The highest BCUT2D eigenvalue weighted by molar-refractivity contribution is 7.98. The molecule has 0 fully saturated rings. The minimum absolute atomic E-state index is 0.0844. The van der Waals surface area contributed by atoms with Gasteiger partial charge >= 0.3 is 5.97 Å². The van der Waals surface area contributed by atoms with E-state index < -0.39 is 5.92 Å². The first-order valence-corrected chi connectivity index (χ1v) is 11.1. The molecule has 1 aromatic carbocycles. The monoisotopic (exact) mass is 415 g/mol. The number of thioether (sulfide) groups is 1. The highest BCUT2D eigenvalue weighted by atomic mass is 32.2. The van der Waals surface area contributed by atoms with Crippen LogP contribution in [0.5, 0.6) is 0 Å². The first-order valence-electron chi connectivity index (χ1n) is 9.88. The van der Waals surface area contributed by atoms with Crippen LogP contribution in [0.2, 0.25) is 0 Å². The molecule has 1 aromatic rings. The van der Waals surface area contributed by atoms with E-state index in [0.717, 1.165) is 22.6 Å². The van der Waals surface area contributed by atoms with E-state index in [4.69, 9.17) is 14.5 Å². The molecule has 1 aliphatic heterocycles. The lowest BCUT2D eigenvalue weighted by Gasteiger charge is -2.39. The molecule has 0 aromatic heterocycles. The topological polar surface area (TPSA) is 65.0 Å². The Balaban J connectivity index is 2.06. The average Bonchev–Trinajstić information content (AvgIpc) is 2.66. The third-order valence-corrected chi connectivity index (χ3v) is 6.31. The van der Waals surface area contributed by atoms with Gasteiger partial charge in [-0.3, -0.25) is 14.6 Å². The molecule has 156 valence electrons. The van der Waals surface area contributed by atoms with E-state index in [1.165, 1.54) is 0 Å². The first kappa shape index (κ1) is 21.8. The predicted octanol–water partition coefficient (Wildman–Crippen LogP) is 4.42. The molecule has 0 bridgehead atoms. The van der Waals surface area contributed by atoms with E-state index in [1.807, 2.05) is 37.4 Å². The van der Waals surface area contributed by atoms with Crippen LogP contribution in [-0.4, -0.2) is 44.0 Å². The van der Waals surface area contributed by atoms with Gasteiger partial charge in [0.2, 0.25) is 0 Å². The molecule has 29 heavy (non-hydrogen) atoms. The van der Waals surface area contributed by atoms with Crippen LogP contribution in [0, 0.1) is 11.3 Å². The summed E-state index contributed by atoms with van der Waals surface area (Å²) in [6, 6.07) is 8.10. The minimum Gasteiger partial charge on any atom is -0.463 e. The van der Waals surface area contributed by atoms with Crippen molar-refractivity contribution in [2.45, 2.75) is 44.4 Å². The fourth-order valence-electron chi connectivity index (χ4n) is 4.24.